The smallest absolute Gasteiger partial charge is 0.303 e. The SMILES string of the molecule is COCCCCNC(=O)CCC(=O)O. The summed E-state index contributed by atoms with van der Waals surface area (Å²) in [6, 6.07) is 0. The maximum absolute atomic E-state index is 11.0. The molecule has 0 heterocycles. The van der Waals surface area contributed by atoms with E-state index in [1.54, 1.807) is 7.11 Å². The second kappa shape index (κ2) is 8.50. The van der Waals surface area contributed by atoms with Crippen LogP contribution in [0.15, 0.2) is 0 Å². The third-order valence-electron chi connectivity index (χ3n) is 1.66. The van der Waals surface area contributed by atoms with Crippen LogP contribution in [0.5, 0.6) is 0 Å². The molecule has 5 heteroatoms. The summed E-state index contributed by atoms with van der Waals surface area (Å²) >= 11 is 0. The normalized spacial score (nSPS) is 9.79. The van der Waals surface area contributed by atoms with Gasteiger partial charge in [0.2, 0.25) is 5.91 Å². The summed E-state index contributed by atoms with van der Waals surface area (Å²) in [5.41, 5.74) is 0. The summed E-state index contributed by atoms with van der Waals surface area (Å²) in [4.78, 5) is 21.1. The Hall–Kier alpha value is -1.10. The van der Waals surface area contributed by atoms with Gasteiger partial charge in [-0.3, -0.25) is 9.59 Å². The van der Waals surface area contributed by atoms with Crippen molar-refractivity contribution in [1.29, 1.82) is 0 Å². The fourth-order valence-corrected chi connectivity index (χ4v) is 0.908. The van der Waals surface area contributed by atoms with E-state index in [2.05, 4.69) is 5.32 Å². The molecule has 0 saturated heterocycles. The van der Waals surface area contributed by atoms with Gasteiger partial charge in [-0.05, 0) is 12.8 Å². The molecule has 82 valence electrons. The lowest BCUT2D eigenvalue weighted by Crippen LogP contribution is -2.24. The molecule has 0 fully saturated rings. The van der Waals surface area contributed by atoms with Gasteiger partial charge in [-0.1, -0.05) is 0 Å². The highest BCUT2D eigenvalue weighted by atomic mass is 16.5. The van der Waals surface area contributed by atoms with Crippen LogP contribution in [0.2, 0.25) is 0 Å². The Bertz CT molecular complexity index is 182. The van der Waals surface area contributed by atoms with E-state index >= 15 is 0 Å². The molecule has 0 aromatic carbocycles. The summed E-state index contributed by atoms with van der Waals surface area (Å²) in [7, 11) is 1.63. The molecule has 14 heavy (non-hydrogen) atoms. The standard InChI is InChI=1S/C9H17NO4/c1-14-7-3-2-6-10-8(11)4-5-9(12)13/h2-7H2,1H3,(H,10,11)(H,12,13). The molecule has 0 aliphatic heterocycles. The molecule has 0 bridgehead atoms. The molecule has 0 atom stereocenters. The quantitative estimate of drug-likeness (QED) is 0.560. The summed E-state index contributed by atoms with van der Waals surface area (Å²) in [5, 5.41) is 10.9. The Morgan fingerprint density at radius 3 is 2.57 bits per heavy atom. The monoisotopic (exact) mass is 203 g/mol. The van der Waals surface area contributed by atoms with Gasteiger partial charge < -0.3 is 15.2 Å². The third kappa shape index (κ3) is 8.99. The van der Waals surface area contributed by atoms with Crippen molar-refractivity contribution in [2.75, 3.05) is 20.3 Å². The van der Waals surface area contributed by atoms with Gasteiger partial charge >= 0.3 is 5.97 Å². The first-order valence-electron chi connectivity index (χ1n) is 4.64. The highest BCUT2D eigenvalue weighted by Gasteiger charge is 2.03. The van der Waals surface area contributed by atoms with Crippen LogP contribution in [-0.4, -0.2) is 37.2 Å². The molecule has 0 unspecified atom stereocenters. The van der Waals surface area contributed by atoms with E-state index in [1.807, 2.05) is 0 Å². The number of nitrogens with one attached hydrogen (secondary N) is 1. The highest BCUT2D eigenvalue weighted by Crippen LogP contribution is 1.90. The second-order valence-electron chi connectivity index (χ2n) is 2.94. The summed E-state index contributed by atoms with van der Waals surface area (Å²) in [6.45, 7) is 1.27. The maximum Gasteiger partial charge on any atom is 0.303 e. The predicted molar refractivity (Wildman–Crippen MR) is 51.0 cm³/mol. The summed E-state index contributed by atoms with van der Waals surface area (Å²) in [6.07, 6.45) is 1.70. The first-order chi connectivity index (χ1) is 6.66. The number of carbonyl (C=O) groups is 2. The van der Waals surface area contributed by atoms with Crippen molar-refractivity contribution in [2.45, 2.75) is 25.7 Å². The zero-order chi connectivity index (χ0) is 10.8. The molecule has 0 spiro atoms. The number of amides is 1. The Labute approximate surface area is 83.4 Å². The number of carbonyl (C=O) groups excluding carboxylic acids is 1. The molecule has 0 rings (SSSR count). The molecule has 5 nitrogen and oxygen atoms in total. The Kier molecular flexibility index (Phi) is 7.83. The number of carboxylic acid groups (broad SMARTS) is 1. The van der Waals surface area contributed by atoms with E-state index in [9.17, 15) is 9.59 Å². The van der Waals surface area contributed by atoms with Crippen LogP contribution in [0, 0.1) is 0 Å². The first-order valence-corrected chi connectivity index (χ1v) is 4.64. The number of carboxylic acids is 1. The van der Waals surface area contributed by atoms with E-state index in [0.717, 1.165) is 12.8 Å². The van der Waals surface area contributed by atoms with Crippen LogP contribution in [0.25, 0.3) is 0 Å². The van der Waals surface area contributed by atoms with Crippen LogP contribution in [-0.2, 0) is 14.3 Å². The molecule has 1 amide bonds. The largest absolute Gasteiger partial charge is 0.481 e. The zero-order valence-electron chi connectivity index (χ0n) is 8.41. The van der Waals surface area contributed by atoms with Crippen molar-refractivity contribution >= 4 is 11.9 Å². The number of hydrogen-bond donors (Lipinski definition) is 2. The van der Waals surface area contributed by atoms with Crippen molar-refractivity contribution < 1.29 is 19.4 Å². The van der Waals surface area contributed by atoms with E-state index in [4.69, 9.17) is 9.84 Å². The fraction of sp³-hybridized carbons (Fsp3) is 0.778. The molecular weight excluding hydrogens is 186 g/mol. The lowest BCUT2D eigenvalue weighted by molar-refractivity contribution is -0.138. The average molecular weight is 203 g/mol. The minimum atomic E-state index is -0.945. The molecule has 0 radical (unpaired) electrons. The van der Waals surface area contributed by atoms with E-state index in [-0.39, 0.29) is 18.7 Å². The van der Waals surface area contributed by atoms with Crippen LogP contribution in [0.4, 0.5) is 0 Å². The van der Waals surface area contributed by atoms with E-state index in [0.29, 0.717) is 13.2 Å². The molecule has 0 aliphatic rings. The predicted octanol–water partition coefficient (Wildman–Crippen LogP) is 0.394. The van der Waals surface area contributed by atoms with E-state index < -0.39 is 5.97 Å². The van der Waals surface area contributed by atoms with Crippen molar-refractivity contribution in [2.24, 2.45) is 0 Å². The van der Waals surface area contributed by atoms with Gasteiger partial charge in [0.1, 0.15) is 0 Å². The number of ether oxygens (including phenoxy) is 1. The number of methoxy groups -OCH3 is 1. The molecular formula is C9H17NO4. The topological polar surface area (TPSA) is 75.6 Å². The van der Waals surface area contributed by atoms with Crippen molar-refractivity contribution in [1.82, 2.24) is 5.32 Å². The maximum atomic E-state index is 11.0. The third-order valence-corrected chi connectivity index (χ3v) is 1.66. The second-order valence-corrected chi connectivity index (χ2v) is 2.94. The van der Waals surface area contributed by atoms with E-state index in [1.165, 1.54) is 0 Å². The van der Waals surface area contributed by atoms with Crippen molar-refractivity contribution in [3.8, 4) is 0 Å². The lowest BCUT2D eigenvalue weighted by Gasteiger charge is -2.03. The van der Waals surface area contributed by atoms with Gasteiger partial charge in [0, 0.05) is 26.7 Å². The summed E-state index contributed by atoms with van der Waals surface area (Å²) < 4.78 is 4.84. The van der Waals surface area contributed by atoms with Crippen LogP contribution in [0.1, 0.15) is 25.7 Å². The molecule has 0 saturated carbocycles. The van der Waals surface area contributed by atoms with Gasteiger partial charge in [-0.2, -0.15) is 0 Å². The van der Waals surface area contributed by atoms with Gasteiger partial charge in [0.15, 0.2) is 0 Å². The minimum absolute atomic E-state index is 0.0552. The number of hydrogen-bond acceptors (Lipinski definition) is 3. The Morgan fingerprint density at radius 2 is 2.00 bits per heavy atom. The lowest BCUT2D eigenvalue weighted by atomic mass is 10.3. The summed E-state index contributed by atoms with van der Waals surface area (Å²) in [5.74, 6) is -1.15. The molecule has 0 aromatic rings. The Balaban J connectivity index is 3.22. The van der Waals surface area contributed by atoms with Gasteiger partial charge in [0.05, 0.1) is 6.42 Å². The minimum Gasteiger partial charge on any atom is -0.481 e. The highest BCUT2D eigenvalue weighted by molar-refractivity contribution is 5.80. The number of rotatable bonds is 8. The number of aliphatic carboxylic acids is 1. The van der Waals surface area contributed by atoms with Crippen molar-refractivity contribution in [3.63, 3.8) is 0 Å². The molecule has 0 aromatic heterocycles. The van der Waals surface area contributed by atoms with Crippen LogP contribution in [0.3, 0.4) is 0 Å². The first kappa shape index (κ1) is 12.9. The van der Waals surface area contributed by atoms with Crippen molar-refractivity contribution in [3.05, 3.63) is 0 Å². The van der Waals surface area contributed by atoms with Gasteiger partial charge in [-0.15, -0.1) is 0 Å². The number of unbranched alkanes of at least 4 members (excludes halogenated alkanes) is 1. The average Bonchev–Trinajstić information content (AvgIpc) is 2.14. The van der Waals surface area contributed by atoms with Gasteiger partial charge in [-0.25, -0.2) is 0 Å². The van der Waals surface area contributed by atoms with Crippen LogP contribution >= 0.6 is 0 Å². The fourth-order valence-electron chi connectivity index (χ4n) is 0.908. The molecule has 0 aliphatic carbocycles. The Morgan fingerprint density at radius 1 is 1.29 bits per heavy atom. The van der Waals surface area contributed by atoms with Crippen LogP contribution < -0.4 is 5.32 Å². The molecule has 2 N–H and O–H groups in total. The van der Waals surface area contributed by atoms with Gasteiger partial charge in [0.25, 0.3) is 0 Å². The zero-order valence-corrected chi connectivity index (χ0v) is 8.41.